The lowest BCUT2D eigenvalue weighted by Crippen LogP contribution is -1.99. The Labute approximate surface area is 112 Å². The maximum atomic E-state index is 10.4. The average Bonchev–Trinajstić information content (AvgIpc) is 2.47. The van der Waals surface area contributed by atoms with Crippen molar-refractivity contribution in [2.45, 2.75) is 13.0 Å². The van der Waals surface area contributed by atoms with Crippen molar-refractivity contribution in [1.82, 2.24) is 4.98 Å². The Morgan fingerprint density at radius 1 is 0.947 bits per heavy atom. The Morgan fingerprint density at radius 3 is 2.47 bits per heavy atom. The van der Waals surface area contributed by atoms with Gasteiger partial charge in [-0.25, -0.2) is 0 Å². The molecule has 0 bridgehead atoms. The molecule has 2 heteroatoms. The van der Waals surface area contributed by atoms with Crippen LogP contribution in [0.2, 0.25) is 0 Å². The van der Waals surface area contributed by atoms with Gasteiger partial charge >= 0.3 is 0 Å². The predicted octanol–water partition coefficient (Wildman–Crippen LogP) is 3.62. The smallest absolute Gasteiger partial charge is 0.104 e. The molecule has 19 heavy (non-hydrogen) atoms. The van der Waals surface area contributed by atoms with E-state index >= 15 is 0 Å². The fourth-order valence-corrected chi connectivity index (χ4v) is 2.19. The molecule has 1 N–H and O–H groups in total. The summed E-state index contributed by atoms with van der Waals surface area (Å²) in [6, 6.07) is 17.8. The van der Waals surface area contributed by atoms with Crippen LogP contribution in [0.25, 0.3) is 10.9 Å². The van der Waals surface area contributed by atoms with E-state index in [9.17, 15) is 5.11 Å². The molecular formula is C17H15NO. The van der Waals surface area contributed by atoms with Gasteiger partial charge in [0.05, 0.1) is 5.52 Å². The number of rotatable bonds is 2. The molecule has 1 unspecified atom stereocenters. The van der Waals surface area contributed by atoms with Crippen LogP contribution in [-0.2, 0) is 0 Å². The van der Waals surface area contributed by atoms with Gasteiger partial charge in [-0.3, -0.25) is 4.98 Å². The highest BCUT2D eigenvalue weighted by atomic mass is 16.3. The Balaban J connectivity index is 2.01. The lowest BCUT2D eigenvalue weighted by atomic mass is 9.99. The number of pyridine rings is 1. The van der Waals surface area contributed by atoms with Crippen molar-refractivity contribution in [1.29, 1.82) is 0 Å². The second-order valence-corrected chi connectivity index (χ2v) is 4.77. The zero-order valence-corrected chi connectivity index (χ0v) is 10.7. The van der Waals surface area contributed by atoms with Crippen molar-refractivity contribution >= 4 is 10.9 Å². The second-order valence-electron chi connectivity index (χ2n) is 4.77. The fraction of sp³-hybridized carbons (Fsp3) is 0.118. The van der Waals surface area contributed by atoms with Gasteiger partial charge in [-0.15, -0.1) is 0 Å². The van der Waals surface area contributed by atoms with Gasteiger partial charge in [0.2, 0.25) is 0 Å². The maximum absolute atomic E-state index is 10.4. The maximum Gasteiger partial charge on any atom is 0.104 e. The average molecular weight is 249 g/mol. The number of aryl methyl sites for hydroxylation is 1. The molecule has 0 radical (unpaired) electrons. The number of fused-ring (bicyclic) bond motifs is 1. The SMILES string of the molecule is Cc1ccc(C(O)c2ccc3cccnc3c2)cc1. The highest BCUT2D eigenvalue weighted by Gasteiger charge is 2.10. The molecule has 0 saturated heterocycles. The van der Waals surface area contributed by atoms with Crippen LogP contribution in [0.3, 0.4) is 0 Å². The summed E-state index contributed by atoms with van der Waals surface area (Å²) in [5.74, 6) is 0. The molecule has 0 fully saturated rings. The molecule has 1 aromatic heterocycles. The third kappa shape index (κ3) is 2.35. The zero-order chi connectivity index (χ0) is 13.2. The Bertz CT molecular complexity index is 704. The molecule has 1 atom stereocenters. The Morgan fingerprint density at radius 2 is 1.68 bits per heavy atom. The summed E-state index contributed by atoms with van der Waals surface area (Å²) in [6.07, 6.45) is 1.16. The topological polar surface area (TPSA) is 33.1 Å². The molecule has 3 aromatic rings. The van der Waals surface area contributed by atoms with Gasteiger partial charge < -0.3 is 5.11 Å². The van der Waals surface area contributed by atoms with Crippen molar-refractivity contribution in [3.8, 4) is 0 Å². The van der Waals surface area contributed by atoms with Crippen molar-refractivity contribution < 1.29 is 5.11 Å². The van der Waals surface area contributed by atoms with E-state index in [0.29, 0.717) is 0 Å². The minimum atomic E-state index is -0.605. The van der Waals surface area contributed by atoms with Crippen LogP contribution < -0.4 is 0 Å². The zero-order valence-electron chi connectivity index (χ0n) is 10.7. The van der Waals surface area contributed by atoms with Crippen molar-refractivity contribution in [2.75, 3.05) is 0 Å². The summed E-state index contributed by atoms with van der Waals surface area (Å²) < 4.78 is 0. The van der Waals surface area contributed by atoms with E-state index in [1.807, 2.05) is 61.5 Å². The van der Waals surface area contributed by atoms with Crippen LogP contribution in [0, 0.1) is 6.92 Å². The number of hydrogen-bond acceptors (Lipinski definition) is 2. The standard InChI is InChI=1S/C17H15NO/c1-12-4-6-14(7-5-12)17(19)15-9-8-13-3-2-10-18-16(13)11-15/h2-11,17,19H,1H3. The molecule has 94 valence electrons. The van der Waals surface area contributed by atoms with Crippen LogP contribution in [0.4, 0.5) is 0 Å². The van der Waals surface area contributed by atoms with E-state index in [1.165, 1.54) is 5.56 Å². The number of aliphatic hydroxyl groups excluding tert-OH is 1. The molecule has 0 aliphatic carbocycles. The van der Waals surface area contributed by atoms with Crippen LogP contribution in [-0.4, -0.2) is 10.1 Å². The van der Waals surface area contributed by atoms with E-state index in [1.54, 1.807) is 6.20 Å². The number of benzene rings is 2. The number of hydrogen-bond donors (Lipinski definition) is 1. The number of aliphatic hydroxyl groups is 1. The summed E-state index contributed by atoms with van der Waals surface area (Å²) in [5, 5.41) is 11.5. The van der Waals surface area contributed by atoms with Crippen molar-refractivity contribution in [3.63, 3.8) is 0 Å². The molecule has 0 spiro atoms. The van der Waals surface area contributed by atoms with E-state index in [-0.39, 0.29) is 0 Å². The molecule has 0 aliphatic rings. The van der Waals surface area contributed by atoms with Crippen molar-refractivity contribution in [2.24, 2.45) is 0 Å². The first-order valence-electron chi connectivity index (χ1n) is 6.33. The summed E-state index contributed by atoms with van der Waals surface area (Å²) in [7, 11) is 0. The van der Waals surface area contributed by atoms with Crippen molar-refractivity contribution in [3.05, 3.63) is 77.5 Å². The first-order chi connectivity index (χ1) is 9.24. The van der Waals surface area contributed by atoms with Gasteiger partial charge in [-0.2, -0.15) is 0 Å². The Hall–Kier alpha value is -2.19. The summed E-state index contributed by atoms with van der Waals surface area (Å²) in [4.78, 5) is 4.32. The van der Waals surface area contributed by atoms with Gasteiger partial charge in [-0.1, -0.05) is 48.0 Å². The molecule has 0 saturated carbocycles. The minimum Gasteiger partial charge on any atom is -0.384 e. The molecular weight excluding hydrogens is 234 g/mol. The highest BCUT2D eigenvalue weighted by Crippen LogP contribution is 2.24. The number of aromatic nitrogens is 1. The first kappa shape index (κ1) is 11.9. The monoisotopic (exact) mass is 249 g/mol. The molecule has 0 aliphatic heterocycles. The van der Waals surface area contributed by atoms with Gasteiger partial charge in [-0.05, 0) is 30.2 Å². The van der Waals surface area contributed by atoms with E-state index < -0.39 is 6.10 Å². The third-order valence-electron chi connectivity index (χ3n) is 3.34. The minimum absolute atomic E-state index is 0.605. The fourth-order valence-electron chi connectivity index (χ4n) is 2.19. The number of nitrogens with zero attached hydrogens (tertiary/aromatic N) is 1. The predicted molar refractivity (Wildman–Crippen MR) is 77.0 cm³/mol. The second kappa shape index (κ2) is 4.82. The molecule has 3 rings (SSSR count). The quantitative estimate of drug-likeness (QED) is 0.752. The largest absolute Gasteiger partial charge is 0.384 e. The Kier molecular flexibility index (Phi) is 3.02. The molecule has 2 nitrogen and oxygen atoms in total. The van der Waals surface area contributed by atoms with Crippen LogP contribution in [0.5, 0.6) is 0 Å². The van der Waals surface area contributed by atoms with Gasteiger partial charge in [0.15, 0.2) is 0 Å². The van der Waals surface area contributed by atoms with Crippen LogP contribution >= 0.6 is 0 Å². The van der Waals surface area contributed by atoms with Gasteiger partial charge in [0.25, 0.3) is 0 Å². The van der Waals surface area contributed by atoms with Crippen LogP contribution in [0.15, 0.2) is 60.8 Å². The highest BCUT2D eigenvalue weighted by molar-refractivity contribution is 5.79. The molecule has 0 amide bonds. The van der Waals surface area contributed by atoms with Crippen LogP contribution in [0.1, 0.15) is 22.8 Å². The summed E-state index contributed by atoms with van der Waals surface area (Å²) >= 11 is 0. The third-order valence-corrected chi connectivity index (χ3v) is 3.34. The molecule has 2 aromatic carbocycles. The first-order valence-corrected chi connectivity index (χ1v) is 6.33. The van der Waals surface area contributed by atoms with E-state index in [2.05, 4.69) is 4.98 Å². The van der Waals surface area contributed by atoms with E-state index in [4.69, 9.17) is 0 Å². The van der Waals surface area contributed by atoms with E-state index in [0.717, 1.165) is 22.0 Å². The summed E-state index contributed by atoms with van der Waals surface area (Å²) in [5.41, 5.74) is 3.87. The lowest BCUT2D eigenvalue weighted by molar-refractivity contribution is 0.220. The van der Waals surface area contributed by atoms with Gasteiger partial charge in [0.1, 0.15) is 6.10 Å². The van der Waals surface area contributed by atoms with Gasteiger partial charge in [0, 0.05) is 11.6 Å². The normalized spacial score (nSPS) is 12.5. The summed E-state index contributed by atoms with van der Waals surface area (Å²) in [6.45, 7) is 2.04. The molecule has 1 heterocycles. The lowest BCUT2D eigenvalue weighted by Gasteiger charge is -2.12.